The van der Waals surface area contributed by atoms with E-state index in [0.717, 1.165) is 28.8 Å². The summed E-state index contributed by atoms with van der Waals surface area (Å²) >= 11 is 0.725. The molecule has 1 aliphatic heterocycles. The van der Waals surface area contributed by atoms with Crippen LogP contribution in [-0.4, -0.2) is 51.8 Å². The van der Waals surface area contributed by atoms with Crippen LogP contribution in [-0.2, 0) is 9.59 Å². The van der Waals surface area contributed by atoms with Gasteiger partial charge in [-0.2, -0.15) is 0 Å². The molecule has 154 valence electrons. The van der Waals surface area contributed by atoms with E-state index < -0.39 is 35.3 Å². The summed E-state index contributed by atoms with van der Waals surface area (Å²) in [4.78, 5) is 48.8. The van der Waals surface area contributed by atoms with Gasteiger partial charge in [-0.25, -0.2) is 4.79 Å². The molecule has 3 rings (SSSR count). The van der Waals surface area contributed by atoms with E-state index in [1.165, 1.54) is 13.2 Å². The van der Waals surface area contributed by atoms with Gasteiger partial charge in [0.25, 0.3) is 11.1 Å². The van der Waals surface area contributed by atoms with Gasteiger partial charge in [0.2, 0.25) is 5.91 Å². The summed E-state index contributed by atoms with van der Waals surface area (Å²) in [5.41, 5.74) is 0.505. The number of nitrogens with one attached hydrogen (secondary N) is 1. The van der Waals surface area contributed by atoms with Crippen LogP contribution in [0.25, 0.3) is 6.08 Å². The Labute approximate surface area is 174 Å². The van der Waals surface area contributed by atoms with Gasteiger partial charge in [0, 0.05) is 11.8 Å². The molecule has 0 spiro atoms. The molecule has 1 fully saturated rings. The van der Waals surface area contributed by atoms with Gasteiger partial charge >= 0.3 is 5.97 Å². The molecule has 0 saturated carbocycles. The van der Waals surface area contributed by atoms with Gasteiger partial charge in [-0.05, 0) is 47.7 Å². The highest BCUT2D eigenvalue weighted by Gasteiger charge is 2.36. The van der Waals surface area contributed by atoms with Crippen LogP contribution in [0.2, 0.25) is 0 Å². The topological polar surface area (TPSA) is 133 Å². The molecule has 9 nitrogen and oxygen atoms in total. The highest BCUT2D eigenvalue weighted by atomic mass is 32.2. The fourth-order valence-corrected chi connectivity index (χ4v) is 3.46. The molecule has 0 aromatic heterocycles. The number of carboxylic acids is 1. The molecule has 1 aliphatic rings. The van der Waals surface area contributed by atoms with Crippen molar-refractivity contribution in [2.75, 3.05) is 19.0 Å². The lowest BCUT2D eigenvalue weighted by Crippen LogP contribution is -2.36. The molecule has 1 saturated heterocycles. The monoisotopic (exact) mass is 428 g/mol. The Morgan fingerprint density at radius 3 is 2.47 bits per heavy atom. The molecule has 3 amide bonds. The summed E-state index contributed by atoms with van der Waals surface area (Å²) in [5, 5.41) is 20.4. The number of aromatic carboxylic acids is 1. The van der Waals surface area contributed by atoms with E-state index in [-0.39, 0.29) is 16.2 Å². The van der Waals surface area contributed by atoms with E-state index in [9.17, 15) is 24.3 Å². The summed E-state index contributed by atoms with van der Waals surface area (Å²) < 4.78 is 5.07. The van der Waals surface area contributed by atoms with E-state index in [2.05, 4.69) is 5.32 Å². The van der Waals surface area contributed by atoms with Crippen molar-refractivity contribution in [1.82, 2.24) is 4.90 Å². The van der Waals surface area contributed by atoms with E-state index in [0.29, 0.717) is 11.3 Å². The number of hydrogen-bond donors (Lipinski definition) is 3. The molecular formula is C20H16N2O7S. The van der Waals surface area contributed by atoms with Gasteiger partial charge in [-0.15, -0.1) is 0 Å². The largest absolute Gasteiger partial charge is 0.507 e. The first kappa shape index (κ1) is 20.9. The van der Waals surface area contributed by atoms with E-state index in [4.69, 9.17) is 9.84 Å². The minimum absolute atomic E-state index is 0.128. The lowest BCUT2D eigenvalue weighted by molar-refractivity contribution is -0.127. The average molecular weight is 428 g/mol. The predicted octanol–water partition coefficient (Wildman–Crippen LogP) is 2.77. The van der Waals surface area contributed by atoms with Crippen molar-refractivity contribution in [3.63, 3.8) is 0 Å². The number of ether oxygens (including phenoxy) is 1. The van der Waals surface area contributed by atoms with Crippen LogP contribution in [0.4, 0.5) is 10.5 Å². The molecule has 0 unspecified atom stereocenters. The van der Waals surface area contributed by atoms with Gasteiger partial charge in [-0.3, -0.25) is 19.3 Å². The number of carbonyl (C=O) groups is 4. The van der Waals surface area contributed by atoms with Crippen LogP contribution in [0.5, 0.6) is 11.5 Å². The first-order valence-electron chi connectivity index (χ1n) is 8.54. The maximum absolute atomic E-state index is 12.5. The van der Waals surface area contributed by atoms with Gasteiger partial charge < -0.3 is 20.3 Å². The Kier molecular flexibility index (Phi) is 6.07. The Bertz CT molecular complexity index is 1060. The number of thioether (sulfide) groups is 1. The van der Waals surface area contributed by atoms with Crippen LogP contribution in [0.1, 0.15) is 15.9 Å². The molecule has 1 heterocycles. The summed E-state index contributed by atoms with van der Waals surface area (Å²) in [6.07, 6.45) is 1.55. The van der Waals surface area contributed by atoms with Crippen molar-refractivity contribution < 1.29 is 34.1 Å². The van der Waals surface area contributed by atoms with Gasteiger partial charge in [0.15, 0.2) is 0 Å². The number of anilines is 1. The van der Waals surface area contributed by atoms with Crippen molar-refractivity contribution >= 4 is 46.5 Å². The lowest BCUT2D eigenvalue weighted by atomic mass is 10.2. The molecule has 10 heteroatoms. The number of amides is 3. The lowest BCUT2D eigenvalue weighted by Gasteiger charge is -2.13. The Hall–Kier alpha value is -3.79. The standard InChI is InChI=1S/C20H16N2O7S/c1-29-13-5-2-11(3-6-13)8-16-18(25)22(20(28)30-16)10-17(24)21-12-4-7-14(19(26)27)15(23)9-12/h2-9,23H,10H2,1H3,(H,21,24)(H,26,27)/b16-8-. The molecule has 2 aromatic rings. The summed E-state index contributed by atoms with van der Waals surface area (Å²) in [6.45, 7) is -0.522. The quantitative estimate of drug-likeness (QED) is 0.598. The number of phenols is 1. The first-order chi connectivity index (χ1) is 14.3. The number of carboxylic acid groups (broad SMARTS) is 1. The van der Waals surface area contributed by atoms with Crippen LogP contribution >= 0.6 is 11.8 Å². The molecular weight excluding hydrogens is 412 g/mol. The second kappa shape index (κ2) is 8.70. The molecule has 0 atom stereocenters. The molecule has 3 N–H and O–H groups in total. The Balaban J connectivity index is 1.67. The predicted molar refractivity (Wildman–Crippen MR) is 109 cm³/mol. The number of benzene rings is 2. The minimum atomic E-state index is -1.31. The SMILES string of the molecule is COc1ccc(/C=C2\SC(=O)N(CC(=O)Nc3ccc(C(=O)O)c(O)c3)C2=O)cc1. The van der Waals surface area contributed by atoms with Crippen molar-refractivity contribution in [2.45, 2.75) is 0 Å². The number of carbonyl (C=O) groups excluding carboxylic acids is 3. The molecule has 0 aliphatic carbocycles. The van der Waals surface area contributed by atoms with Crippen molar-refractivity contribution in [1.29, 1.82) is 0 Å². The zero-order chi connectivity index (χ0) is 21.8. The van der Waals surface area contributed by atoms with Crippen molar-refractivity contribution in [3.8, 4) is 11.5 Å². The maximum Gasteiger partial charge on any atom is 0.339 e. The third kappa shape index (κ3) is 4.61. The summed E-state index contributed by atoms with van der Waals surface area (Å²) in [6, 6.07) is 10.4. The minimum Gasteiger partial charge on any atom is -0.507 e. The van der Waals surface area contributed by atoms with Crippen molar-refractivity contribution in [2.24, 2.45) is 0 Å². The fourth-order valence-electron chi connectivity index (χ4n) is 2.62. The third-order valence-corrected chi connectivity index (χ3v) is 5.01. The fraction of sp³-hybridized carbons (Fsp3) is 0.100. The third-order valence-electron chi connectivity index (χ3n) is 4.10. The van der Waals surface area contributed by atoms with Crippen LogP contribution in [0.3, 0.4) is 0 Å². The normalized spacial score (nSPS) is 14.8. The zero-order valence-electron chi connectivity index (χ0n) is 15.6. The van der Waals surface area contributed by atoms with Crippen LogP contribution in [0.15, 0.2) is 47.4 Å². The number of methoxy groups -OCH3 is 1. The average Bonchev–Trinajstić information content (AvgIpc) is 2.95. The van der Waals surface area contributed by atoms with E-state index in [1.807, 2.05) is 0 Å². The zero-order valence-corrected chi connectivity index (χ0v) is 16.4. The molecule has 2 aromatic carbocycles. The highest BCUT2D eigenvalue weighted by Crippen LogP contribution is 2.32. The highest BCUT2D eigenvalue weighted by molar-refractivity contribution is 8.18. The number of nitrogens with zero attached hydrogens (tertiary/aromatic N) is 1. The van der Waals surface area contributed by atoms with Crippen LogP contribution < -0.4 is 10.1 Å². The number of hydrogen-bond acceptors (Lipinski definition) is 7. The van der Waals surface area contributed by atoms with Gasteiger partial charge in [0.1, 0.15) is 23.6 Å². The molecule has 30 heavy (non-hydrogen) atoms. The smallest absolute Gasteiger partial charge is 0.339 e. The molecule has 0 bridgehead atoms. The van der Waals surface area contributed by atoms with Crippen molar-refractivity contribution in [3.05, 3.63) is 58.5 Å². The Morgan fingerprint density at radius 1 is 1.17 bits per heavy atom. The second-order valence-corrected chi connectivity index (χ2v) is 7.12. The summed E-state index contributed by atoms with van der Waals surface area (Å²) in [7, 11) is 1.54. The number of rotatable bonds is 6. The maximum atomic E-state index is 12.5. The van der Waals surface area contributed by atoms with Crippen LogP contribution in [0, 0.1) is 0 Å². The second-order valence-electron chi connectivity index (χ2n) is 6.13. The summed E-state index contributed by atoms with van der Waals surface area (Å²) in [5.74, 6) is -2.45. The number of imide groups is 1. The van der Waals surface area contributed by atoms with Gasteiger partial charge in [0.05, 0.1) is 12.0 Å². The van der Waals surface area contributed by atoms with E-state index >= 15 is 0 Å². The number of aromatic hydroxyl groups is 1. The Morgan fingerprint density at radius 2 is 1.87 bits per heavy atom. The van der Waals surface area contributed by atoms with E-state index in [1.54, 1.807) is 30.3 Å². The molecule has 0 radical (unpaired) electrons. The van der Waals surface area contributed by atoms with Gasteiger partial charge in [-0.1, -0.05) is 12.1 Å². The first-order valence-corrected chi connectivity index (χ1v) is 9.35.